The van der Waals surface area contributed by atoms with E-state index >= 15 is 0 Å². The molecule has 0 nitrogen and oxygen atoms in total. The molecule has 1 heteroatoms. The minimum Gasteiger partial charge on any atom is -0.119 e. The summed E-state index contributed by atoms with van der Waals surface area (Å²) in [6.45, 7) is 4.66. The van der Waals surface area contributed by atoms with Crippen molar-refractivity contribution in [1.82, 2.24) is 0 Å². The van der Waals surface area contributed by atoms with Crippen LogP contribution in [0.2, 0.25) is 0 Å². The Balaban J connectivity index is 1.94. The van der Waals surface area contributed by atoms with Gasteiger partial charge in [-0.15, -0.1) is 8.58 Å². The maximum Gasteiger partial charge on any atom is -0.0237 e. The lowest BCUT2D eigenvalue weighted by atomic mass is 10.2. The van der Waals surface area contributed by atoms with Crippen molar-refractivity contribution in [2.75, 3.05) is 6.16 Å². The Hall–Kier alpha value is 0.430. The molecule has 66 valence electrons. The first-order valence-corrected chi connectivity index (χ1v) is 6.31. The molecule has 0 radical (unpaired) electrons. The zero-order chi connectivity index (χ0) is 8.10. The molecule has 0 saturated heterocycles. The van der Waals surface area contributed by atoms with Crippen molar-refractivity contribution in [3.63, 3.8) is 0 Å². The van der Waals surface area contributed by atoms with E-state index in [0.29, 0.717) is 0 Å². The van der Waals surface area contributed by atoms with Gasteiger partial charge in [0.2, 0.25) is 0 Å². The molecule has 11 heavy (non-hydrogen) atoms. The van der Waals surface area contributed by atoms with Gasteiger partial charge in [-0.3, -0.25) is 0 Å². The Labute approximate surface area is 72.9 Å². The van der Waals surface area contributed by atoms with Crippen LogP contribution in [-0.4, -0.2) is 11.8 Å². The van der Waals surface area contributed by atoms with E-state index < -0.39 is 0 Å². The van der Waals surface area contributed by atoms with Gasteiger partial charge in [0.1, 0.15) is 0 Å². The summed E-state index contributed by atoms with van der Waals surface area (Å²) in [6.07, 6.45) is 9.06. The second kappa shape index (κ2) is 5.14. The van der Waals surface area contributed by atoms with Crippen LogP contribution in [0.1, 0.15) is 46.0 Å². The predicted molar refractivity (Wildman–Crippen MR) is 54.9 cm³/mol. The van der Waals surface area contributed by atoms with Gasteiger partial charge in [-0.25, -0.2) is 0 Å². The topological polar surface area (TPSA) is 0 Å². The van der Waals surface area contributed by atoms with E-state index in [2.05, 4.69) is 13.8 Å². The van der Waals surface area contributed by atoms with Gasteiger partial charge in [0.05, 0.1) is 0 Å². The van der Waals surface area contributed by atoms with Crippen molar-refractivity contribution >= 4 is 8.58 Å². The summed E-state index contributed by atoms with van der Waals surface area (Å²) >= 11 is 0. The van der Waals surface area contributed by atoms with Gasteiger partial charge in [-0.1, -0.05) is 26.7 Å². The van der Waals surface area contributed by atoms with Crippen LogP contribution in [-0.2, 0) is 0 Å². The summed E-state index contributed by atoms with van der Waals surface area (Å²) in [5.41, 5.74) is 1.13. The van der Waals surface area contributed by atoms with Crippen LogP contribution in [0.5, 0.6) is 0 Å². The smallest absolute Gasteiger partial charge is 0.0237 e. The highest BCUT2D eigenvalue weighted by atomic mass is 31.1. The highest BCUT2D eigenvalue weighted by molar-refractivity contribution is 7.38. The van der Waals surface area contributed by atoms with Crippen LogP contribution >= 0.6 is 8.58 Å². The summed E-state index contributed by atoms with van der Waals surface area (Å²) in [4.78, 5) is 0. The first kappa shape index (κ1) is 9.52. The molecule has 1 fully saturated rings. The highest BCUT2D eigenvalue weighted by Crippen LogP contribution is 2.34. The van der Waals surface area contributed by atoms with Crippen molar-refractivity contribution in [2.45, 2.75) is 51.6 Å². The summed E-state index contributed by atoms with van der Waals surface area (Å²) in [7, 11) is 1.28. The fraction of sp³-hybridized carbons (Fsp3) is 1.00. The molecule has 0 amide bonds. The van der Waals surface area contributed by atoms with E-state index in [0.717, 1.165) is 11.6 Å². The van der Waals surface area contributed by atoms with E-state index in [4.69, 9.17) is 0 Å². The van der Waals surface area contributed by atoms with Crippen molar-refractivity contribution in [3.05, 3.63) is 0 Å². The van der Waals surface area contributed by atoms with E-state index in [1.54, 1.807) is 0 Å². The third-order valence-electron chi connectivity index (χ3n) is 2.51. The van der Waals surface area contributed by atoms with Crippen LogP contribution in [0.15, 0.2) is 0 Å². The number of hydrogen-bond donors (Lipinski definition) is 0. The summed E-state index contributed by atoms with van der Waals surface area (Å²) in [5, 5.41) is 0. The minimum atomic E-state index is 0.920. The van der Waals surface area contributed by atoms with Gasteiger partial charge in [0.15, 0.2) is 0 Å². The lowest BCUT2D eigenvalue weighted by Gasteiger charge is -2.09. The average molecular weight is 172 g/mol. The summed E-state index contributed by atoms with van der Waals surface area (Å²) in [6, 6.07) is 0. The predicted octanol–water partition coefficient (Wildman–Crippen LogP) is 3.65. The Morgan fingerprint density at radius 1 is 1.27 bits per heavy atom. The van der Waals surface area contributed by atoms with Crippen molar-refractivity contribution in [2.24, 2.45) is 5.92 Å². The monoisotopic (exact) mass is 172 g/mol. The van der Waals surface area contributed by atoms with E-state index in [1.807, 2.05) is 0 Å². The van der Waals surface area contributed by atoms with Crippen molar-refractivity contribution in [1.29, 1.82) is 0 Å². The summed E-state index contributed by atoms with van der Waals surface area (Å²) < 4.78 is 0. The standard InChI is InChI=1S/C10H21P/c1-9(2)7-8-11-10-5-3-4-6-10/h9-11H,3-8H2,1-2H3. The Morgan fingerprint density at radius 2 is 1.91 bits per heavy atom. The second-order valence-corrected chi connectivity index (χ2v) is 5.84. The molecule has 1 aliphatic rings. The molecule has 0 heterocycles. The van der Waals surface area contributed by atoms with Gasteiger partial charge < -0.3 is 0 Å². The van der Waals surface area contributed by atoms with E-state index in [9.17, 15) is 0 Å². The van der Waals surface area contributed by atoms with Crippen LogP contribution in [0.25, 0.3) is 0 Å². The minimum absolute atomic E-state index is 0.920. The molecular formula is C10H21P. The molecule has 1 atom stereocenters. The van der Waals surface area contributed by atoms with Gasteiger partial charge in [0.25, 0.3) is 0 Å². The molecule has 1 rings (SSSR count). The maximum atomic E-state index is 2.33. The Morgan fingerprint density at radius 3 is 2.45 bits per heavy atom. The molecule has 0 bridgehead atoms. The zero-order valence-electron chi connectivity index (χ0n) is 7.90. The van der Waals surface area contributed by atoms with Gasteiger partial charge in [0, 0.05) is 0 Å². The van der Waals surface area contributed by atoms with Crippen molar-refractivity contribution in [3.8, 4) is 0 Å². The molecule has 0 aromatic rings. The first-order valence-electron chi connectivity index (χ1n) is 5.02. The molecule has 1 aliphatic carbocycles. The lowest BCUT2D eigenvalue weighted by molar-refractivity contribution is 0.629. The number of hydrogen-bond acceptors (Lipinski definition) is 0. The molecule has 1 unspecified atom stereocenters. The Bertz CT molecular complexity index is 93.0. The van der Waals surface area contributed by atoms with E-state index in [-0.39, 0.29) is 0 Å². The quantitative estimate of drug-likeness (QED) is 0.568. The van der Waals surface area contributed by atoms with Crippen molar-refractivity contribution < 1.29 is 0 Å². The van der Waals surface area contributed by atoms with Crippen LogP contribution in [0.3, 0.4) is 0 Å². The third-order valence-corrected chi connectivity index (χ3v) is 4.24. The summed E-state index contributed by atoms with van der Waals surface area (Å²) in [5.74, 6) is 0.920. The third kappa shape index (κ3) is 4.11. The molecule has 0 spiro atoms. The highest BCUT2D eigenvalue weighted by Gasteiger charge is 2.13. The molecule has 0 aromatic heterocycles. The largest absolute Gasteiger partial charge is 0.119 e. The van der Waals surface area contributed by atoms with Gasteiger partial charge in [-0.05, 0) is 37.0 Å². The second-order valence-electron chi connectivity index (χ2n) is 4.12. The normalized spacial score (nSPS) is 21.0. The lowest BCUT2D eigenvalue weighted by Crippen LogP contribution is -1.95. The average Bonchev–Trinajstić information content (AvgIpc) is 2.39. The van der Waals surface area contributed by atoms with Crippen LogP contribution < -0.4 is 0 Å². The number of rotatable bonds is 4. The zero-order valence-corrected chi connectivity index (χ0v) is 8.90. The van der Waals surface area contributed by atoms with Crippen LogP contribution in [0.4, 0.5) is 0 Å². The first-order chi connectivity index (χ1) is 5.29. The molecule has 0 N–H and O–H groups in total. The van der Waals surface area contributed by atoms with Gasteiger partial charge in [-0.2, -0.15) is 0 Å². The van der Waals surface area contributed by atoms with Gasteiger partial charge >= 0.3 is 0 Å². The SMILES string of the molecule is CC(C)CCPC1CCCC1. The van der Waals surface area contributed by atoms with Crippen LogP contribution in [0, 0.1) is 5.92 Å². The Kier molecular flexibility index (Phi) is 4.45. The molecule has 0 aromatic carbocycles. The molecule has 1 saturated carbocycles. The fourth-order valence-electron chi connectivity index (χ4n) is 1.71. The molecule has 0 aliphatic heterocycles. The van der Waals surface area contributed by atoms with E-state index in [1.165, 1.54) is 46.8 Å². The fourth-order valence-corrected chi connectivity index (χ4v) is 3.67. The maximum absolute atomic E-state index is 2.33. The molecular weight excluding hydrogens is 151 g/mol.